The molecule has 1 fully saturated rings. The summed E-state index contributed by atoms with van der Waals surface area (Å²) < 4.78 is 11.5. The molecule has 0 N–H and O–H groups in total. The van der Waals surface area contributed by atoms with Gasteiger partial charge in [0.15, 0.2) is 0 Å². The van der Waals surface area contributed by atoms with Crippen LogP contribution in [0, 0.1) is 17.2 Å². The van der Waals surface area contributed by atoms with Gasteiger partial charge in [0.1, 0.15) is 17.0 Å². The van der Waals surface area contributed by atoms with Gasteiger partial charge < -0.3 is 9.47 Å². The highest BCUT2D eigenvalue weighted by atomic mass is 35.5. The van der Waals surface area contributed by atoms with Crippen molar-refractivity contribution in [1.29, 1.82) is 5.26 Å². The van der Waals surface area contributed by atoms with Gasteiger partial charge in [-0.2, -0.15) is 5.26 Å². The van der Waals surface area contributed by atoms with Crippen molar-refractivity contribution in [1.82, 2.24) is 4.98 Å². The highest BCUT2D eigenvalue weighted by Crippen LogP contribution is 2.48. The Morgan fingerprint density at radius 1 is 1.18 bits per heavy atom. The SMILES string of the molecule is CCOC(=O)C1CC1c1ccc(OC2CCc3c2ccc(C#N)c3Cc2ccc(Cl)nc2)cc1. The Morgan fingerprint density at radius 3 is 2.71 bits per heavy atom. The Bertz CT molecular complexity index is 1250. The first-order valence-corrected chi connectivity index (χ1v) is 12.0. The van der Waals surface area contributed by atoms with Gasteiger partial charge >= 0.3 is 5.97 Å². The molecule has 3 atom stereocenters. The Labute approximate surface area is 204 Å². The molecule has 0 bridgehead atoms. The lowest BCUT2D eigenvalue weighted by Crippen LogP contribution is -2.07. The Morgan fingerprint density at radius 2 is 2.00 bits per heavy atom. The number of nitriles is 1. The van der Waals surface area contributed by atoms with Gasteiger partial charge in [-0.05, 0) is 84.2 Å². The van der Waals surface area contributed by atoms with Crippen LogP contribution in [0.25, 0.3) is 0 Å². The molecule has 1 aromatic heterocycles. The van der Waals surface area contributed by atoms with Gasteiger partial charge in [0.2, 0.25) is 0 Å². The summed E-state index contributed by atoms with van der Waals surface area (Å²) in [4.78, 5) is 16.1. The number of fused-ring (bicyclic) bond motifs is 1. The number of rotatable bonds is 7. The third-order valence-corrected chi connectivity index (χ3v) is 6.95. The Hall–Kier alpha value is -3.36. The molecule has 2 aliphatic carbocycles. The Balaban J connectivity index is 1.31. The summed E-state index contributed by atoms with van der Waals surface area (Å²) in [6, 6.07) is 18.1. The van der Waals surface area contributed by atoms with Crippen LogP contribution in [0.4, 0.5) is 0 Å². The molecule has 0 saturated heterocycles. The molecular formula is C28H25ClN2O3. The quantitative estimate of drug-likeness (QED) is 0.315. The third-order valence-electron chi connectivity index (χ3n) is 6.73. The Kier molecular flexibility index (Phi) is 6.26. The molecule has 2 aliphatic rings. The van der Waals surface area contributed by atoms with E-state index in [0.717, 1.165) is 47.3 Å². The van der Waals surface area contributed by atoms with Gasteiger partial charge in [0.25, 0.3) is 0 Å². The van der Waals surface area contributed by atoms with E-state index < -0.39 is 0 Å². The van der Waals surface area contributed by atoms with Crippen molar-refractivity contribution in [3.63, 3.8) is 0 Å². The highest BCUT2D eigenvalue weighted by Gasteiger charge is 2.45. The van der Waals surface area contributed by atoms with Gasteiger partial charge in [0.05, 0.1) is 24.2 Å². The molecule has 3 unspecified atom stereocenters. The van der Waals surface area contributed by atoms with E-state index in [1.54, 1.807) is 12.3 Å². The molecule has 0 radical (unpaired) electrons. The summed E-state index contributed by atoms with van der Waals surface area (Å²) in [5.74, 6) is 0.937. The number of pyridine rings is 1. The second-order valence-corrected chi connectivity index (χ2v) is 9.24. The maximum atomic E-state index is 11.9. The summed E-state index contributed by atoms with van der Waals surface area (Å²) in [6.07, 6.45) is 4.94. The van der Waals surface area contributed by atoms with Crippen molar-refractivity contribution in [3.05, 3.63) is 93.3 Å². The zero-order valence-electron chi connectivity index (χ0n) is 19.0. The van der Waals surface area contributed by atoms with E-state index in [2.05, 4.69) is 11.1 Å². The first-order chi connectivity index (χ1) is 16.6. The van der Waals surface area contributed by atoms with Gasteiger partial charge in [-0.15, -0.1) is 0 Å². The van der Waals surface area contributed by atoms with E-state index in [4.69, 9.17) is 21.1 Å². The van der Waals surface area contributed by atoms with Crippen molar-refractivity contribution in [2.45, 2.75) is 44.6 Å². The maximum absolute atomic E-state index is 11.9. The van der Waals surface area contributed by atoms with Crippen LogP contribution >= 0.6 is 11.6 Å². The molecule has 6 heteroatoms. The van der Waals surface area contributed by atoms with Gasteiger partial charge in [0, 0.05) is 12.6 Å². The lowest BCUT2D eigenvalue weighted by atomic mass is 9.93. The fourth-order valence-electron chi connectivity index (χ4n) is 4.91. The minimum atomic E-state index is -0.0997. The monoisotopic (exact) mass is 472 g/mol. The summed E-state index contributed by atoms with van der Waals surface area (Å²) in [5, 5.41) is 10.1. The molecule has 0 aliphatic heterocycles. The maximum Gasteiger partial charge on any atom is 0.309 e. The van der Waals surface area contributed by atoms with Crippen molar-refractivity contribution in [2.24, 2.45) is 5.92 Å². The number of nitrogens with zero attached hydrogens (tertiary/aromatic N) is 2. The summed E-state index contributed by atoms with van der Waals surface area (Å²) in [5.41, 5.74) is 6.25. The predicted molar refractivity (Wildman–Crippen MR) is 129 cm³/mol. The smallest absolute Gasteiger partial charge is 0.309 e. The largest absolute Gasteiger partial charge is 0.486 e. The van der Waals surface area contributed by atoms with Crippen LogP contribution in [0.2, 0.25) is 5.15 Å². The minimum Gasteiger partial charge on any atom is -0.486 e. The molecule has 1 heterocycles. The van der Waals surface area contributed by atoms with Crippen molar-refractivity contribution < 1.29 is 14.3 Å². The molecule has 1 saturated carbocycles. The molecule has 172 valence electrons. The van der Waals surface area contributed by atoms with Crippen molar-refractivity contribution in [2.75, 3.05) is 6.61 Å². The lowest BCUT2D eigenvalue weighted by Gasteiger charge is -2.17. The van der Waals surface area contributed by atoms with Crippen molar-refractivity contribution >= 4 is 17.6 Å². The van der Waals surface area contributed by atoms with Gasteiger partial charge in [-0.25, -0.2) is 4.98 Å². The number of ether oxygens (including phenoxy) is 2. The average Bonchev–Trinajstić information content (AvgIpc) is 3.56. The first kappa shape index (κ1) is 22.4. The van der Waals surface area contributed by atoms with E-state index in [1.165, 1.54) is 5.56 Å². The lowest BCUT2D eigenvalue weighted by molar-refractivity contribution is -0.144. The number of hydrogen-bond acceptors (Lipinski definition) is 5. The number of esters is 1. The predicted octanol–water partition coefficient (Wildman–Crippen LogP) is 5.93. The fourth-order valence-corrected chi connectivity index (χ4v) is 5.03. The topological polar surface area (TPSA) is 72.2 Å². The molecule has 5 nitrogen and oxygen atoms in total. The number of hydrogen-bond donors (Lipinski definition) is 0. The normalized spacial score (nSPS) is 20.3. The zero-order valence-corrected chi connectivity index (χ0v) is 19.7. The van der Waals surface area contributed by atoms with E-state index >= 15 is 0 Å². The van der Waals surface area contributed by atoms with E-state index in [-0.39, 0.29) is 23.9 Å². The highest BCUT2D eigenvalue weighted by molar-refractivity contribution is 6.29. The fraction of sp³-hybridized carbons (Fsp3) is 0.321. The zero-order chi connectivity index (χ0) is 23.7. The third kappa shape index (κ3) is 4.51. The molecule has 5 rings (SSSR count). The molecule has 34 heavy (non-hydrogen) atoms. The summed E-state index contributed by atoms with van der Waals surface area (Å²) in [6.45, 7) is 2.26. The van der Waals surface area contributed by atoms with E-state index in [1.807, 2.05) is 49.4 Å². The standard InChI is InChI=1S/C28H25ClN2O3/c1-2-33-28(32)25-14-24(25)18-4-7-20(8-5-18)34-26-11-10-21-22(26)9-6-19(15-30)23(21)13-17-3-12-27(29)31-16-17/h3-9,12,16,24-26H,2,10-11,13-14H2,1H3. The second-order valence-electron chi connectivity index (χ2n) is 8.85. The van der Waals surface area contributed by atoms with Crippen LogP contribution < -0.4 is 4.74 Å². The van der Waals surface area contributed by atoms with Crippen LogP contribution in [-0.2, 0) is 22.4 Å². The molecule has 2 aromatic carbocycles. The molecular weight excluding hydrogens is 448 g/mol. The second kappa shape index (κ2) is 9.48. The van der Waals surface area contributed by atoms with Crippen LogP contribution in [0.1, 0.15) is 65.2 Å². The molecule has 0 spiro atoms. The van der Waals surface area contributed by atoms with Crippen LogP contribution in [-0.4, -0.2) is 17.6 Å². The number of halogens is 1. The number of carbonyl (C=O) groups is 1. The summed E-state index contributed by atoms with van der Waals surface area (Å²) >= 11 is 5.93. The summed E-state index contributed by atoms with van der Waals surface area (Å²) in [7, 11) is 0. The van der Waals surface area contributed by atoms with Gasteiger partial charge in [-0.3, -0.25) is 4.79 Å². The van der Waals surface area contributed by atoms with Crippen LogP contribution in [0.5, 0.6) is 5.75 Å². The van der Waals surface area contributed by atoms with E-state index in [0.29, 0.717) is 23.7 Å². The minimum absolute atomic E-state index is 0.0166. The number of carbonyl (C=O) groups excluding carboxylic acids is 1. The van der Waals surface area contributed by atoms with Crippen LogP contribution in [0.3, 0.4) is 0 Å². The molecule has 0 amide bonds. The number of benzene rings is 2. The van der Waals surface area contributed by atoms with Crippen LogP contribution in [0.15, 0.2) is 54.7 Å². The average molecular weight is 473 g/mol. The first-order valence-electron chi connectivity index (χ1n) is 11.7. The number of aromatic nitrogens is 1. The van der Waals surface area contributed by atoms with Crippen molar-refractivity contribution in [3.8, 4) is 11.8 Å². The van der Waals surface area contributed by atoms with E-state index in [9.17, 15) is 10.1 Å². The molecule has 3 aromatic rings. The van der Waals surface area contributed by atoms with Gasteiger partial charge in [-0.1, -0.05) is 35.9 Å².